The third kappa shape index (κ3) is 24.4. The first-order valence-electron chi connectivity index (χ1n) is 36.0. The van der Waals surface area contributed by atoms with Gasteiger partial charge in [-0.25, -0.2) is 38.4 Å². The Morgan fingerprint density at radius 3 is 0.890 bits per heavy atom. The highest BCUT2D eigenvalue weighted by Crippen LogP contribution is 2.38. The SMILES string of the molecule is COC(=O)c1ccc2c(c1O)CCN(C(=O)OC(C)(C)C)C2.COC(=O)c1ccc2c(c1OC)CCN(C(=O)OC(C)(C)C)C2.COc1c(C(=O)O)ccc2c1CCN(C(=O)OC(C)(C)C)C2.COc1c(CBr)ccc2c1CCN(C(=O)OC(C)(C)C)C2.COc1c(CO)ccc2c1CCN(C(=O)OC(C)(C)C)C2. The lowest BCUT2D eigenvalue weighted by Crippen LogP contribution is -2.40. The van der Waals surface area contributed by atoms with E-state index < -0.39 is 45.9 Å². The Morgan fingerprint density at radius 2 is 0.606 bits per heavy atom. The number of phenols is 1. The van der Waals surface area contributed by atoms with Crippen molar-refractivity contribution in [2.75, 3.05) is 75.4 Å². The summed E-state index contributed by atoms with van der Waals surface area (Å²) in [6.07, 6.45) is 1.47. The molecule has 0 aliphatic carbocycles. The smallest absolute Gasteiger partial charge is 0.410 e. The van der Waals surface area contributed by atoms with Crippen molar-refractivity contribution in [3.8, 4) is 28.7 Å². The number of rotatable bonds is 9. The summed E-state index contributed by atoms with van der Waals surface area (Å²) in [6, 6.07) is 17.9. The number of esters is 2. The van der Waals surface area contributed by atoms with Gasteiger partial charge in [-0.2, -0.15) is 0 Å². The molecule has 5 aromatic rings. The second-order valence-electron chi connectivity index (χ2n) is 31.3. The largest absolute Gasteiger partial charge is 0.507 e. The minimum absolute atomic E-state index is 0.0494. The van der Waals surface area contributed by atoms with Crippen molar-refractivity contribution in [2.45, 2.75) is 209 Å². The molecule has 109 heavy (non-hydrogen) atoms. The maximum absolute atomic E-state index is 12.2. The minimum Gasteiger partial charge on any atom is -0.507 e. The van der Waals surface area contributed by atoms with Gasteiger partial charge < -0.3 is 91.9 Å². The van der Waals surface area contributed by atoms with Gasteiger partial charge in [-0.1, -0.05) is 58.4 Å². The number of carboxylic acids is 1. The van der Waals surface area contributed by atoms with E-state index in [4.69, 9.17) is 47.4 Å². The number of aliphatic hydroxyl groups is 1. The average Bonchev–Trinajstić information content (AvgIpc) is 0.812. The highest BCUT2D eigenvalue weighted by atomic mass is 79.9. The lowest BCUT2D eigenvalue weighted by Gasteiger charge is -2.32. The summed E-state index contributed by atoms with van der Waals surface area (Å²) in [5, 5.41) is 29.5. The van der Waals surface area contributed by atoms with E-state index in [9.17, 15) is 53.7 Å². The zero-order valence-electron chi connectivity index (χ0n) is 67.0. The Labute approximate surface area is 648 Å². The number of halogens is 1. The van der Waals surface area contributed by atoms with Crippen LogP contribution in [-0.2, 0) is 110 Å². The fourth-order valence-corrected chi connectivity index (χ4v) is 13.0. The van der Waals surface area contributed by atoms with Crippen molar-refractivity contribution in [1.29, 1.82) is 0 Å². The highest BCUT2D eigenvalue weighted by Gasteiger charge is 2.35. The molecule has 0 radical (unpaired) electrons. The van der Waals surface area contributed by atoms with Crippen LogP contribution < -0.4 is 18.9 Å². The van der Waals surface area contributed by atoms with E-state index in [1.807, 2.05) is 128 Å². The number of carboxylic acid groups (broad SMARTS) is 1. The second kappa shape index (κ2) is 37.6. The summed E-state index contributed by atoms with van der Waals surface area (Å²) in [5.74, 6) is 0.496. The molecule has 28 heteroatoms. The van der Waals surface area contributed by atoms with E-state index in [0.29, 0.717) is 114 Å². The molecule has 5 heterocycles. The Kier molecular flexibility index (Phi) is 30.4. The van der Waals surface area contributed by atoms with Crippen molar-refractivity contribution >= 4 is 64.3 Å². The van der Waals surface area contributed by atoms with Gasteiger partial charge in [0.25, 0.3) is 0 Å². The van der Waals surface area contributed by atoms with Crippen LogP contribution in [0.2, 0.25) is 0 Å². The fraction of sp³-hybridized carbons (Fsp3) is 0.531. The number of methoxy groups -OCH3 is 6. The van der Waals surface area contributed by atoms with E-state index >= 15 is 0 Å². The van der Waals surface area contributed by atoms with Gasteiger partial charge in [0.15, 0.2) is 0 Å². The summed E-state index contributed by atoms with van der Waals surface area (Å²) in [6.45, 7) is 32.5. The van der Waals surface area contributed by atoms with Crippen molar-refractivity contribution < 1.29 is 106 Å². The van der Waals surface area contributed by atoms with Gasteiger partial charge in [-0.05, 0) is 182 Å². The molecule has 27 nitrogen and oxygen atoms in total. The molecular weight excluding hydrogens is 1470 g/mol. The topological polar surface area (TPSA) is 315 Å². The van der Waals surface area contributed by atoms with Crippen LogP contribution in [0, 0.1) is 0 Å². The van der Waals surface area contributed by atoms with Crippen molar-refractivity contribution in [2.24, 2.45) is 0 Å². The van der Waals surface area contributed by atoms with Crippen LogP contribution in [0.1, 0.15) is 202 Å². The molecule has 0 saturated carbocycles. The van der Waals surface area contributed by atoms with Crippen LogP contribution in [0.3, 0.4) is 0 Å². The number of carbonyl (C=O) groups is 8. The number of aromatic hydroxyl groups is 1. The molecule has 598 valence electrons. The summed E-state index contributed by atoms with van der Waals surface area (Å²) in [5.41, 5.74) is 9.62. The molecular formula is C81H110BrN5O22. The molecule has 0 unspecified atom stereocenters. The molecule has 0 spiro atoms. The number of fused-ring (bicyclic) bond motifs is 5. The van der Waals surface area contributed by atoms with Gasteiger partial charge in [-0.15, -0.1) is 0 Å². The number of benzene rings is 5. The molecule has 5 amide bonds. The van der Waals surface area contributed by atoms with Crippen LogP contribution in [0.15, 0.2) is 60.7 Å². The summed E-state index contributed by atoms with van der Waals surface area (Å²) < 4.78 is 58.0. The summed E-state index contributed by atoms with van der Waals surface area (Å²) in [4.78, 5) is 104. The zero-order valence-corrected chi connectivity index (χ0v) is 68.6. The van der Waals surface area contributed by atoms with Gasteiger partial charge in [-0.3, -0.25) is 0 Å². The predicted molar refractivity (Wildman–Crippen MR) is 410 cm³/mol. The molecule has 10 rings (SSSR count). The van der Waals surface area contributed by atoms with Gasteiger partial charge in [0.2, 0.25) is 0 Å². The van der Waals surface area contributed by atoms with E-state index in [1.165, 1.54) is 46.1 Å². The number of carbonyl (C=O) groups excluding carboxylic acids is 7. The third-order valence-electron chi connectivity index (χ3n) is 17.4. The first-order chi connectivity index (χ1) is 50.9. The number of aromatic carboxylic acids is 1. The van der Waals surface area contributed by atoms with Crippen LogP contribution in [0.4, 0.5) is 24.0 Å². The maximum Gasteiger partial charge on any atom is 0.410 e. The maximum atomic E-state index is 12.2. The first kappa shape index (κ1) is 88.2. The molecule has 5 aliphatic rings. The predicted octanol–water partition coefficient (Wildman–Crippen LogP) is 14.3. The van der Waals surface area contributed by atoms with E-state index in [1.54, 1.807) is 56.9 Å². The monoisotopic (exact) mass is 1580 g/mol. The van der Waals surface area contributed by atoms with E-state index in [0.717, 1.165) is 78.9 Å². The number of ether oxygens (including phenoxy) is 11. The Bertz CT molecular complexity index is 4010. The van der Waals surface area contributed by atoms with Crippen molar-refractivity contribution in [3.05, 3.63) is 144 Å². The molecule has 0 saturated heterocycles. The van der Waals surface area contributed by atoms with Crippen LogP contribution in [0.5, 0.6) is 28.7 Å². The second-order valence-corrected chi connectivity index (χ2v) is 31.9. The van der Waals surface area contributed by atoms with Crippen molar-refractivity contribution in [1.82, 2.24) is 24.5 Å². The standard InChI is InChI=1S/C17H23NO5.C16H22BrNO3.2C16H21NO5.C16H23NO4/c1-17(2,3)23-16(20)18-9-8-12-11(10-18)6-7-13(14(12)21-4)15(19)22-5;1-16(2,3)21-15(19)18-8-7-13-12(10-18)6-5-11(9-17)14(13)20-4;1-16(2,3)22-15(20)17-8-7-11-10(9-17)5-6-12(14(18)19)13(11)21-4;1-16(2,3)22-15(20)17-8-7-11-10(9-17)5-6-12(13(11)18)14(19)21-4;1-16(2,3)21-15(19)17-8-7-13-11(9-17)5-6-12(10-18)14(13)20-4/h6-7H,8-10H2,1-5H3;5-6H,7-10H2,1-4H3;5-6H,7-9H2,1-4H3,(H,18,19);5-6,18H,7-9H2,1-4H3;5-6,18H,7-10H2,1-4H3. The van der Waals surface area contributed by atoms with Crippen LogP contribution in [0.25, 0.3) is 0 Å². The number of alkyl halides is 1. The number of nitrogens with zero attached hydrogens (tertiary/aromatic N) is 5. The molecule has 0 fully saturated rings. The molecule has 0 bridgehead atoms. The average molecular weight is 1590 g/mol. The number of phenolic OH excluding ortho intramolecular Hbond substituents is 1. The summed E-state index contributed by atoms with van der Waals surface area (Å²) in [7, 11) is 8.90. The normalized spacial score (nSPS) is 14.4. The Morgan fingerprint density at radius 1 is 0.358 bits per heavy atom. The number of aliphatic hydroxyl groups excluding tert-OH is 1. The molecule has 0 atom stereocenters. The lowest BCUT2D eigenvalue weighted by molar-refractivity contribution is 0.0213. The zero-order chi connectivity index (χ0) is 81.4. The van der Waals surface area contributed by atoms with E-state index in [-0.39, 0.29) is 53.9 Å². The van der Waals surface area contributed by atoms with Crippen molar-refractivity contribution in [3.63, 3.8) is 0 Å². The molecule has 5 aliphatic heterocycles. The first-order valence-corrected chi connectivity index (χ1v) is 37.1. The van der Waals surface area contributed by atoms with Gasteiger partial charge in [0.05, 0.1) is 49.3 Å². The summed E-state index contributed by atoms with van der Waals surface area (Å²) >= 11 is 3.48. The fourth-order valence-electron chi connectivity index (χ4n) is 12.6. The Balaban J connectivity index is 0.000000213. The number of hydrogen-bond acceptors (Lipinski definition) is 21. The minimum atomic E-state index is -1.02. The van der Waals surface area contributed by atoms with Crippen LogP contribution in [-0.4, -0.2) is 192 Å². The third-order valence-corrected chi connectivity index (χ3v) is 18.0. The van der Waals surface area contributed by atoms with E-state index in [2.05, 4.69) is 26.7 Å². The van der Waals surface area contributed by atoms with Gasteiger partial charge in [0, 0.05) is 110 Å². The van der Waals surface area contributed by atoms with Gasteiger partial charge >= 0.3 is 48.4 Å². The molecule has 0 aromatic heterocycles. The van der Waals surface area contributed by atoms with Crippen LogP contribution >= 0.6 is 15.9 Å². The Hall–Kier alpha value is -9.70. The highest BCUT2D eigenvalue weighted by molar-refractivity contribution is 9.08. The number of amides is 5. The molecule has 3 N–H and O–H groups in total. The molecule has 5 aromatic carbocycles. The quantitative estimate of drug-likeness (QED) is 0.0701. The van der Waals surface area contributed by atoms with Gasteiger partial charge in [0.1, 0.15) is 73.4 Å². The lowest BCUT2D eigenvalue weighted by atomic mass is 9.96. The number of hydrogen-bond donors (Lipinski definition) is 3.